The number of aromatic nitrogens is 1. The number of ether oxygens (including phenoxy) is 2. The van der Waals surface area contributed by atoms with Gasteiger partial charge in [-0.15, -0.1) is 0 Å². The van der Waals surface area contributed by atoms with Crippen molar-refractivity contribution in [1.82, 2.24) is 4.98 Å². The summed E-state index contributed by atoms with van der Waals surface area (Å²) in [5.41, 5.74) is 11.1. The van der Waals surface area contributed by atoms with E-state index in [1.807, 2.05) is 25.4 Å². The molecule has 4 nitrogen and oxygen atoms in total. The van der Waals surface area contributed by atoms with Gasteiger partial charge in [0.05, 0.1) is 19.9 Å². The number of rotatable bonds is 14. The van der Waals surface area contributed by atoms with Crippen molar-refractivity contribution in [2.24, 2.45) is 35.3 Å². The molecule has 0 saturated heterocycles. The highest BCUT2D eigenvalue weighted by Crippen LogP contribution is 2.39. The van der Waals surface area contributed by atoms with Gasteiger partial charge in [-0.1, -0.05) is 39.8 Å². The lowest BCUT2D eigenvalue weighted by Gasteiger charge is -2.36. The van der Waals surface area contributed by atoms with E-state index in [-0.39, 0.29) is 0 Å². The van der Waals surface area contributed by atoms with E-state index in [1.165, 1.54) is 42.4 Å². The molecule has 1 aromatic carbocycles. The van der Waals surface area contributed by atoms with Gasteiger partial charge in [0.2, 0.25) is 0 Å². The van der Waals surface area contributed by atoms with E-state index in [0.29, 0.717) is 17.8 Å². The van der Waals surface area contributed by atoms with Crippen molar-refractivity contribution in [3.63, 3.8) is 0 Å². The summed E-state index contributed by atoms with van der Waals surface area (Å²) < 4.78 is 11.6. The Morgan fingerprint density at radius 2 is 1.69 bits per heavy atom. The molecule has 0 spiro atoms. The first-order valence-electron chi connectivity index (χ1n) is 13.7. The summed E-state index contributed by atoms with van der Waals surface area (Å²) in [6, 6.07) is 8.76. The van der Waals surface area contributed by atoms with Gasteiger partial charge in [-0.3, -0.25) is 4.98 Å². The van der Waals surface area contributed by atoms with E-state index < -0.39 is 0 Å². The molecular weight excluding hydrogens is 432 g/mol. The van der Waals surface area contributed by atoms with Gasteiger partial charge in [0.25, 0.3) is 0 Å². The van der Waals surface area contributed by atoms with Crippen molar-refractivity contribution in [3.8, 4) is 11.5 Å². The van der Waals surface area contributed by atoms with Crippen LogP contribution in [0.4, 0.5) is 0 Å². The van der Waals surface area contributed by atoms with Gasteiger partial charge in [0.15, 0.2) is 0 Å². The lowest BCUT2D eigenvalue weighted by Crippen LogP contribution is -2.31. The number of nitrogens with zero attached hydrogens (tertiary/aromatic N) is 1. The zero-order valence-electron chi connectivity index (χ0n) is 23.0. The molecule has 1 aromatic heterocycles. The monoisotopic (exact) mass is 480 g/mol. The van der Waals surface area contributed by atoms with Gasteiger partial charge >= 0.3 is 0 Å². The van der Waals surface area contributed by atoms with Gasteiger partial charge in [0, 0.05) is 6.20 Å². The van der Waals surface area contributed by atoms with Crippen molar-refractivity contribution < 1.29 is 9.47 Å². The minimum atomic E-state index is 0.471. The second-order valence-corrected chi connectivity index (χ2v) is 11.5. The molecule has 4 heteroatoms. The average molecular weight is 481 g/mol. The number of pyridine rings is 1. The minimum Gasteiger partial charge on any atom is -0.496 e. The molecular formula is C31H48N2O2. The first-order valence-corrected chi connectivity index (χ1v) is 13.7. The summed E-state index contributed by atoms with van der Waals surface area (Å²) in [7, 11) is 3.57. The highest BCUT2D eigenvalue weighted by molar-refractivity contribution is 5.45. The van der Waals surface area contributed by atoms with Crippen molar-refractivity contribution in [1.29, 1.82) is 0 Å². The van der Waals surface area contributed by atoms with Crippen LogP contribution < -0.4 is 15.2 Å². The lowest BCUT2D eigenvalue weighted by atomic mass is 9.70. The fourth-order valence-corrected chi connectivity index (χ4v) is 5.84. The van der Waals surface area contributed by atoms with Crippen LogP contribution in [-0.2, 0) is 25.7 Å². The van der Waals surface area contributed by atoms with Crippen molar-refractivity contribution in [3.05, 3.63) is 52.8 Å². The van der Waals surface area contributed by atoms with E-state index in [1.54, 1.807) is 7.11 Å². The van der Waals surface area contributed by atoms with Crippen LogP contribution in [0.15, 0.2) is 30.5 Å². The molecule has 2 aromatic rings. The van der Waals surface area contributed by atoms with Crippen molar-refractivity contribution in [2.45, 2.75) is 79.1 Å². The number of hydrogen-bond donors (Lipinski definition) is 1. The van der Waals surface area contributed by atoms with Crippen LogP contribution in [0.3, 0.4) is 0 Å². The molecule has 35 heavy (non-hydrogen) atoms. The largest absolute Gasteiger partial charge is 0.496 e. The van der Waals surface area contributed by atoms with Gasteiger partial charge in [-0.2, -0.15) is 0 Å². The topological polar surface area (TPSA) is 57.4 Å². The van der Waals surface area contributed by atoms with Crippen molar-refractivity contribution in [2.75, 3.05) is 20.8 Å². The molecule has 1 saturated carbocycles. The molecule has 0 amide bonds. The summed E-state index contributed by atoms with van der Waals surface area (Å²) in [5.74, 6) is 5.40. The van der Waals surface area contributed by atoms with E-state index in [9.17, 15) is 0 Å². The van der Waals surface area contributed by atoms with Crippen molar-refractivity contribution >= 4 is 0 Å². The lowest BCUT2D eigenvalue weighted by molar-refractivity contribution is 0.167. The van der Waals surface area contributed by atoms with E-state index in [4.69, 9.17) is 15.2 Å². The summed E-state index contributed by atoms with van der Waals surface area (Å²) in [6.07, 6.45) is 11.0. The van der Waals surface area contributed by atoms with Crippen LogP contribution in [0.1, 0.15) is 75.8 Å². The first kappa shape index (κ1) is 27.5. The van der Waals surface area contributed by atoms with Crippen LogP contribution in [0.2, 0.25) is 0 Å². The number of methoxy groups -OCH3 is 2. The van der Waals surface area contributed by atoms with Gasteiger partial charge in [-0.25, -0.2) is 0 Å². The zero-order chi connectivity index (χ0) is 25.4. The predicted octanol–water partition coefficient (Wildman–Crippen LogP) is 6.66. The molecule has 0 aliphatic heterocycles. The summed E-state index contributed by atoms with van der Waals surface area (Å²) in [5, 5.41) is 0. The fourth-order valence-electron chi connectivity index (χ4n) is 5.84. The predicted molar refractivity (Wildman–Crippen MR) is 146 cm³/mol. The fraction of sp³-hybridized carbons (Fsp3) is 0.645. The SMILES string of the molecule is COc1cccnc1CC(C)Cc1cc(CCC(C)C)c(OC)c(CC(C)CC2CC(CN)C2)c1. The Balaban J connectivity index is 1.77. The van der Waals surface area contributed by atoms with E-state index in [2.05, 4.69) is 44.8 Å². The Hall–Kier alpha value is -2.07. The molecule has 3 rings (SSSR count). The Morgan fingerprint density at radius 1 is 0.943 bits per heavy atom. The number of benzene rings is 1. The maximum absolute atomic E-state index is 6.03. The third kappa shape index (κ3) is 7.96. The Bertz CT molecular complexity index is 920. The summed E-state index contributed by atoms with van der Waals surface area (Å²) in [4.78, 5) is 4.58. The number of hydrogen-bond acceptors (Lipinski definition) is 4. The molecule has 1 fully saturated rings. The van der Waals surface area contributed by atoms with Crippen LogP contribution in [0.25, 0.3) is 0 Å². The Morgan fingerprint density at radius 3 is 2.34 bits per heavy atom. The molecule has 194 valence electrons. The van der Waals surface area contributed by atoms with E-state index in [0.717, 1.165) is 61.3 Å². The highest BCUT2D eigenvalue weighted by Gasteiger charge is 2.29. The van der Waals surface area contributed by atoms with Crippen LogP contribution in [0.5, 0.6) is 11.5 Å². The standard InChI is InChI=1S/C31H48N2O2/c1-21(2)9-10-27-18-25(13-23(4)15-29-30(34-5)8-7-11-33-29)19-28(31(27)35-6)14-22(3)12-24-16-26(17-24)20-32/h7-8,11,18-19,21-24,26H,9-10,12-17,20,32H2,1-6H3. The Kier molecular flexibility index (Phi) is 10.5. The minimum absolute atomic E-state index is 0.471. The molecule has 0 radical (unpaired) electrons. The maximum atomic E-state index is 6.03. The van der Waals surface area contributed by atoms with Gasteiger partial charge in [0.1, 0.15) is 11.5 Å². The second-order valence-electron chi connectivity index (χ2n) is 11.5. The third-order valence-corrected chi connectivity index (χ3v) is 7.66. The normalized spacial score (nSPS) is 19.3. The Labute approximate surface area is 214 Å². The third-order valence-electron chi connectivity index (χ3n) is 7.66. The zero-order valence-corrected chi connectivity index (χ0v) is 23.0. The molecule has 1 heterocycles. The maximum Gasteiger partial charge on any atom is 0.140 e. The van der Waals surface area contributed by atoms with Crippen LogP contribution in [-0.4, -0.2) is 25.7 Å². The summed E-state index contributed by atoms with van der Waals surface area (Å²) in [6.45, 7) is 10.2. The second kappa shape index (κ2) is 13.3. The average Bonchev–Trinajstić information content (AvgIpc) is 2.79. The van der Waals surface area contributed by atoms with Gasteiger partial charge < -0.3 is 15.2 Å². The molecule has 2 atom stereocenters. The summed E-state index contributed by atoms with van der Waals surface area (Å²) >= 11 is 0. The van der Waals surface area contributed by atoms with Crippen LogP contribution >= 0.6 is 0 Å². The molecule has 0 bridgehead atoms. The molecule has 1 aliphatic carbocycles. The number of nitrogens with two attached hydrogens (primary N) is 1. The van der Waals surface area contributed by atoms with E-state index >= 15 is 0 Å². The molecule has 2 unspecified atom stereocenters. The number of aryl methyl sites for hydroxylation is 1. The van der Waals surface area contributed by atoms with Crippen LogP contribution in [0, 0.1) is 29.6 Å². The quantitative estimate of drug-likeness (QED) is 0.328. The highest BCUT2D eigenvalue weighted by atomic mass is 16.5. The molecule has 2 N–H and O–H groups in total. The van der Waals surface area contributed by atoms with Gasteiger partial charge in [-0.05, 0) is 116 Å². The molecule has 1 aliphatic rings. The first-order chi connectivity index (χ1) is 16.8. The smallest absolute Gasteiger partial charge is 0.140 e.